The number of benzene rings is 1. The van der Waals surface area contributed by atoms with Crippen LogP contribution in [0.1, 0.15) is 5.56 Å². The number of hydrogen-bond donors (Lipinski definition) is 0. The van der Waals surface area contributed by atoms with Gasteiger partial charge in [0.1, 0.15) is 0 Å². The first-order chi connectivity index (χ1) is 8.71. The summed E-state index contributed by atoms with van der Waals surface area (Å²) in [5.41, 5.74) is -0.357. The maximum absolute atomic E-state index is 12.7. The van der Waals surface area contributed by atoms with Crippen LogP contribution in [-0.4, -0.2) is 15.0 Å². The molecule has 0 fully saturated rings. The summed E-state index contributed by atoms with van der Waals surface area (Å²) in [6.45, 7) is 0. The highest BCUT2D eigenvalue weighted by Crippen LogP contribution is 2.32. The summed E-state index contributed by atoms with van der Waals surface area (Å²) in [5.74, 6) is 0. The lowest BCUT2D eigenvalue weighted by atomic mass is 10.1. The van der Waals surface area contributed by atoms with Gasteiger partial charge < -0.3 is 4.57 Å². The minimum atomic E-state index is -4.39. The Morgan fingerprint density at radius 2 is 1.95 bits per heavy atom. The maximum Gasteiger partial charge on any atom is 0.416 e. The van der Waals surface area contributed by atoms with Crippen LogP contribution < -0.4 is 0 Å². The van der Waals surface area contributed by atoms with Crippen LogP contribution in [0.5, 0.6) is 0 Å². The third kappa shape index (κ3) is 2.57. The van der Waals surface area contributed by atoms with E-state index in [0.717, 1.165) is 12.1 Å². The Balaban J connectivity index is 2.84. The van der Waals surface area contributed by atoms with Gasteiger partial charge >= 0.3 is 6.18 Å². The van der Waals surface area contributed by atoms with E-state index in [2.05, 4.69) is 0 Å². The van der Waals surface area contributed by atoms with Gasteiger partial charge in [-0.15, -0.1) is 0 Å². The second kappa shape index (κ2) is 4.72. The van der Waals surface area contributed by atoms with Crippen LogP contribution in [0, 0.1) is 4.51 Å². The molecule has 0 aliphatic carbocycles. The Bertz CT molecular complexity index is 734. The molecule has 1 unspecified atom stereocenters. The van der Waals surface area contributed by atoms with Crippen molar-refractivity contribution in [3.63, 3.8) is 0 Å². The molecule has 2 aromatic rings. The molecule has 2 rings (SSSR count). The predicted octanol–water partition coefficient (Wildman–Crippen LogP) is 3.66. The normalized spacial score (nSPS) is 13.7. The first-order valence-corrected chi connectivity index (χ1v) is 7.22. The molecule has 0 aliphatic heterocycles. The van der Waals surface area contributed by atoms with Crippen molar-refractivity contribution in [2.24, 2.45) is 7.05 Å². The smallest absolute Gasteiger partial charge is 0.349 e. The van der Waals surface area contributed by atoms with Crippen molar-refractivity contribution in [3.8, 4) is 0 Å². The summed E-state index contributed by atoms with van der Waals surface area (Å²) in [4.78, 5) is 0.449. The van der Waals surface area contributed by atoms with Crippen molar-refractivity contribution < 1.29 is 17.4 Å². The van der Waals surface area contributed by atoms with E-state index >= 15 is 0 Å². The lowest BCUT2D eigenvalue weighted by Gasteiger charge is -2.12. The summed E-state index contributed by atoms with van der Waals surface area (Å²) in [6.07, 6.45) is -1.39. The zero-order valence-corrected chi connectivity index (χ0v) is 11.7. The summed E-state index contributed by atoms with van der Waals surface area (Å²) in [5, 5.41) is 0.498. The number of aromatic nitrogens is 1. The number of alkyl halides is 3. The van der Waals surface area contributed by atoms with Crippen LogP contribution >= 0.6 is 12.2 Å². The van der Waals surface area contributed by atoms with Gasteiger partial charge in [-0.1, -0.05) is 18.3 Å². The number of halogens is 3. The SMILES string of the molecule is Cn1cc(S(C)=O)c(=S)c2ccc(C(F)(F)F)cc21. The molecule has 1 aromatic carbocycles. The number of hydrogen-bond acceptors (Lipinski definition) is 2. The molecular formula is C12H10F3NOS2. The van der Waals surface area contributed by atoms with E-state index in [1.165, 1.54) is 23.1 Å². The van der Waals surface area contributed by atoms with Gasteiger partial charge in [0.25, 0.3) is 0 Å². The van der Waals surface area contributed by atoms with Crippen LogP contribution in [0.3, 0.4) is 0 Å². The second-order valence-electron chi connectivity index (χ2n) is 4.12. The molecule has 19 heavy (non-hydrogen) atoms. The van der Waals surface area contributed by atoms with Crippen molar-refractivity contribution in [2.45, 2.75) is 11.1 Å². The van der Waals surface area contributed by atoms with Crippen molar-refractivity contribution in [2.75, 3.05) is 6.26 Å². The fraction of sp³-hybridized carbons (Fsp3) is 0.250. The fourth-order valence-electron chi connectivity index (χ4n) is 1.83. The molecule has 7 heteroatoms. The van der Waals surface area contributed by atoms with Crippen molar-refractivity contribution in [1.29, 1.82) is 0 Å². The molecular weight excluding hydrogens is 295 g/mol. The first-order valence-electron chi connectivity index (χ1n) is 5.26. The van der Waals surface area contributed by atoms with E-state index in [0.29, 0.717) is 20.3 Å². The highest BCUT2D eigenvalue weighted by molar-refractivity contribution is 7.84. The third-order valence-electron chi connectivity index (χ3n) is 2.79. The molecule has 1 heterocycles. The molecule has 0 spiro atoms. The van der Waals surface area contributed by atoms with Gasteiger partial charge in [0.2, 0.25) is 0 Å². The van der Waals surface area contributed by atoms with Gasteiger partial charge in [-0.2, -0.15) is 13.2 Å². The topological polar surface area (TPSA) is 22.0 Å². The standard InChI is InChI=1S/C12H10F3NOS2/c1-16-6-10(19(2)17)11(18)8-4-3-7(5-9(8)16)12(13,14)15/h3-6H,1-2H3. The van der Waals surface area contributed by atoms with Crippen LogP contribution in [0.4, 0.5) is 13.2 Å². The van der Waals surface area contributed by atoms with E-state index in [9.17, 15) is 17.4 Å². The van der Waals surface area contributed by atoms with E-state index in [4.69, 9.17) is 12.2 Å². The molecule has 0 amide bonds. The zero-order chi connectivity index (χ0) is 14.4. The van der Waals surface area contributed by atoms with Gasteiger partial charge in [0.05, 0.1) is 25.8 Å². The zero-order valence-electron chi connectivity index (χ0n) is 10.1. The molecule has 2 nitrogen and oxygen atoms in total. The largest absolute Gasteiger partial charge is 0.416 e. The molecule has 1 atom stereocenters. The summed E-state index contributed by atoms with van der Waals surface area (Å²) in [7, 11) is 0.328. The molecule has 0 saturated carbocycles. The predicted molar refractivity (Wildman–Crippen MR) is 71.1 cm³/mol. The number of rotatable bonds is 1. The monoisotopic (exact) mass is 305 g/mol. The maximum atomic E-state index is 12.7. The van der Waals surface area contributed by atoms with Crippen LogP contribution in [0.2, 0.25) is 0 Å². The molecule has 1 aromatic heterocycles. The Labute approximate surface area is 115 Å². The van der Waals surface area contributed by atoms with E-state index in [1.807, 2.05) is 0 Å². The van der Waals surface area contributed by atoms with Gasteiger partial charge in [0.15, 0.2) is 0 Å². The summed E-state index contributed by atoms with van der Waals surface area (Å²) < 4.78 is 51.4. The summed E-state index contributed by atoms with van der Waals surface area (Å²) in [6, 6.07) is 3.37. The van der Waals surface area contributed by atoms with Crippen molar-refractivity contribution >= 4 is 33.9 Å². The van der Waals surface area contributed by atoms with Gasteiger partial charge in [-0.25, -0.2) is 0 Å². The van der Waals surface area contributed by atoms with Gasteiger partial charge in [0, 0.05) is 30.4 Å². The van der Waals surface area contributed by atoms with Crippen LogP contribution in [-0.2, 0) is 24.0 Å². The molecule has 0 radical (unpaired) electrons. The van der Waals surface area contributed by atoms with Gasteiger partial charge in [-0.3, -0.25) is 4.21 Å². The quantitative estimate of drug-likeness (QED) is 0.750. The van der Waals surface area contributed by atoms with Crippen LogP contribution in [0.25, 0.3) is 10.9 Å². The van der Waals surface area contributed by atoms with Gasteiger partial charge in [-0.05, 0) is 12.1 Å². The lowest BCUT2D eigenvalue weighted by Crippen LogP contribution is -2.06. The van der Waals surface area contributed by atoms with Crippen molar-refractivity contribution in [3.05, 3.63) is 34.5 Å². The Morgan fingerprint density at radius 3 is 2.47 bits per heavy atom. The first kappa shape index (κ1) is 14.2. The van der Waals surface area contributed by atoms with E-state index in [1.54, 1.807) is 7.05 Å². The van der Waals surface area contributed by atoms with E-state index in [-0.39, 0.29) is 0 Å². The Kier molecular flexibility index (Phi) is 3.53. The number of pyridine rings is 1. The Hall–Kier alpha value is -1.21. The number of fused-ring (bicyclic) bond motifs is 1. The highest BCUT2D eigenvalue weighted by Gasteiger charge is 2.30. The van der Waals surface area contributed by atoms with E-state index < -0.39 is 22.5 Å². The highest BCUT2D eigenvalue weighted by atomic mass is 32.2. The minimum Gasteiger partial charge on any atom is -0.349 e. The molecule has 0 bridgehead atoms. The minimum absolute atomic E-state index is 0.336. The Morgan fingerprint density at radius 1 is 1.32 bits per heavy atom. The average molecular weight is 305 g/mol. The average Bonchev–Trinajstić information content (AvgIpc) is 2.31. The third-order valence-corrected chi connectivity index (χ3v) is 4.29. The lowest BCUT2D eigenvalue weighted by molar-refractivity contribution is -0.137. The van der Waals surface area contributed by atoms with Crippen molar-refractivity contribution in [1.82, 2.24) is 4.57 Å². The number of aryl methyl sites for hydroxylation is 1. The molecule has 0 aliphatic rings. The number of nitrogens with zero attached hydrogens (tertiary/aromatic N) is 1. The summed E-state index contributed by atoms with van der Waals surface area (Å²) >= 11 is 5.18. The molecule has 0 saturated heterocycles. The fourth-order valence-corrected chi connectivity index (χ4v) is 3.09. The molecule has 0 N–H and O–H groups in total. The van der Waals surface area contributed by atoms with Crippen LogP contribution in [0.15, 0.2) is 29.3 Å². The molecule has 102 valence electrons. The second-order valence-corrected chi connectivity index (χ2v) is 5.87.